The van der Waals surface area contributed by atoms with Crippen LogP contribution >= 0.6 is 24.0 Å². The zero-order valence-electron chi connectivity index (χ0n) is 11.0. The Labute approximate surface area is 117 Å². The molecule has 1 aliphatic rings. The maximum Gasteiger partial charge on any atom is 0.266 e. The van der Waals surface area contributed by atoms with Gasteiger partial charge in [-0.25, -0.2) is 0 Å². The van der Waals surface area contributed by atoms with Gasteiger partial charge in [-0.15, -0.1) is 0 Å². The van der Waals surface area contributed by atoms with E-state index in [1.165, 1.54) is 17.5 Å². The molecule has 1 aromatic heterocycles. The number of rotatable bonds is 2. The SMILES string of the molecule is CCN1C(=O)/C(=C\c2cc(C)n(C)c2C)SC1=S. The third-order valence-corrected chi connectivity index (χ3v) is 4.67. The topological polar surface area (TPSA) is 25.2 Å². The van der Waals surface area contributed by atoms with Crippen molar-refractivity contribution < 1.29 is 4.79 Å². The number of thioether (sulfide) groups is 1. The molecule has 1 aliphatic heterocycles. The van der Waals surface area contributed by atoms with Crippen LogP contribution in [0.25, 0.3) is 6.08 Å². The van der Waals surface area contributed by atoms with Gasteiger partial charge < -0.3 is 4.57 Å². The third-order valence-electron chi connectivity index (χ3n) is 3.29. The molecule has 1 amide bonds. The van der Waals surface area contributed by atoms with Gasteiger partial charge in [0.2, 0.25) is 0 Å². The van der Waals surface area contributed by atoms with Gasteiger partial charge >= 0.3 is 0 Å². The lowest BCUT2D eigenvalue weighted by molar-refractivity contribution is -0.121. The molecule has 0 radical (unpaired) electrons. The van der Waals surface area contributed by atoms with Gasteiger partial charge in [-0.1, -0.05) is 24.0 Å². The van der Waals surface area contributed by atoms with Crippen LogP contribution in [0, 0.1) is 13.8 Å². The molecule has 1 saturated heterocycles. The molecule has 0 aromatic carbocycles. The number of aromatic nitrogens is 1. The van der Waals surface area contributed by atoms with E-state index < -0.39 is 0 Å². The van der Waals surface area contributed by atoms with Crippen molar-refractivity contribution in [3.8, 4) is 0 Å². The van der Waals surface area contributed by atoms with E-state index in [0.717, 1.165) is 16.2 Å². The Morgan fingerprint density at radius 1 is 1.44 bits per heavy atom. The number of carbonyl (C=O) groups is 1. The molecule has 18 heavy (non-hydrogen) atoms. The summed E-state index contributed by atoms with van der Waals surface area (Å²) in [6.45, 7) is 6.68. The Kier molecular flexibility index (Phi) is 3.64. The number of amides is 1. The Hall–Kier alpha value is -1.07. The van der Waals surface area contributed by atoms with Crippen LogP contribution in [-0.2, 0) is 11.8 Å². The number of hydrogen-bond donors (Lipinski definition) is 0. The summed E-state index contributed by atoms with van der Waals surface area (Å²) in [5.41, 5.74) is 3.44. The van der Waals surface area contributed by atoms with Crippen molar-refractivity contribution >= 4 is 40.3 Å². The maximum atomic E-state index is 12.1. The number of thiocarbonyl (C=S) groups is 1. The average Bonchev–Trinajstić information content (AvgIpc) is 2.72. The summed E-state index contributed by atoms with van der Waals surface area (Å²) in [5, 5.41) is 0. The molecule has 0 aliphatic carbocycles. The van der Waals surface area contributed by atoms with Crippen LogP contribution in [0.2, 0.25) is 0 Å². The van der Waals surface area contributed by atoms with E-state index >= 15 is 0 Å². The summed E-state index contributed by atoms with van der Waals surface area (Å²) in [5.74, 6) is 0.0217. The highest BCUT2D eigenvalue weighted by Gasteiger charge is 2.30. The van der Waals surface area contributed by atoms with E-state index in [1.807, 2.05) is 20.0 Å². The zero-order valence-corrected chi connectivity index (χ0v) is 12.6. The maximum absolute atomic E-state index is 12.1. The van der Waals surface area contributed by atoms with Gasteiger partial charge in [-0.3, -0.25) is 9.69 Å². The summed E-state index contributed by atoms with van der Waals surface area (Å²) in [7, 11) is 2.03. The van der Waals surface area contributed by atoms with Crippen LogP contribution in [0.3, 0.4) is 0 Å². The van der Waals surface area contributed by atoms with Crippen molar-refractivity contribution in [2.45, 2.75) is 20.8 Å². The molecule has 1 aromatic rings. The number of nitrogens with zero attached hydrogens (tertiary/aromatic N) is 2. The van der Waals surface area contributed by atoms with Crippen LogP contribution in [0.5, 0.6) is 0 Å². The minimum Gasteiger partial charge on any atom is -0.352 e. The molecule has 0 bridgehead atoms. The lowest BCUT2D eigenvalue weighted by Gasteiger charge is -2.09. The molecule has 3 nitrogen and oxygen atoms in total. The molecular weight excluding hydrogens is 264 g/mol. The first-order valence-corrected chi connectivity index (χ1v) is 7.06. The summed E-state index contributed by atoms with van der Waals surface area (Å²) < 4.78 is 2.77. The van der Waals surface area contributed by atoms with Crippen molar-refractivity contribution in [3.63, 3.8) is 0 Å². The quantitative estimate of drug-likeness (QED) is 0.615. The van der Waals surface area contributed by atoms with E-state index in [9.17, 15) is 4.79 Å². The molecule has 0 unspecified atom stereocenters. The van der Waals surface area contributed by atoms with Crippen molar-refractivity contribution in [2.75, 3.05) is 6.54 Å². The largest absolute Gasteiger partial charge is 0.352 e. The summed E-state index contributed by atoms with van der Waals surface area (Å²) >= 11 is 6.58. The number of carbonyl (C=O) groups excluding carboxylic acids is 1. The second-order valence-electron chi connectivity index (χ2n) is 4.31. The third kappa shape index (κ3) is 2.12. The Balaban J connectivity index is 2.38. The fraction of sp³-hybridized carbons (Fsp3) is 0.385. The van der Waals surface area contributed by atoms with E-state index in [1.54, 1.807) is 4.90 Å². The van der Waals surface area contributed by atoms with E-state index in [0.29, 0.717) is 10.9 Å². The molecule has 0 N–H and O–H groups in total. The highest BCUT2D eigenvalue weighted by Crippen LogP contribution is 2.33. The van der Waals surface area contributed by atoms with Crippen LogP contribution in [0.1, 0.15) is 23.9 Å². The fourth-order valence-corrected chi connectivity index (χ4v) is 3.32. The van der Waals surface area contributed by atoms with Gasteiger partial charge in [0, 0.05) is 25.0 Å². The molecule has 0 atom stereocenters. The van der Waals surface area contributed by atoms with Gasteiger partial charge in [0.25, 0.3) is 5.91 Å². The first kappa shape index (κ1) is 13.4. The predicted molar refractivity (Wildman–Crippen MR) is 80.4 cm³/mol. The Bertz CT molecular complexity index is 558. The lowest BCUT2D eigenvalue weighted by atomic mass is 10.2. The van der Waals surface area contributed by atoms with Gasteiger partial charge in [0.1, 0.15) is 4.32 Å². The monoisotopic (exact) mass is 280 g/mol. The second kappa shape index (κ2) is 4.90. The predicted octanol–water partition coefficient (Wildman–Crippen LogP) is 2.86. The summed E-state index contributed by atoms with van der Waals surface area (Å²) in [6, 6.07) is 2.09. The van der Waals surface area contributed by atoms with E-state index in [-0.39, 0.29) is 5.91 Å². The average molecular weight is 280 g/mol. The zero-order chi connectivity index (χ0) is 13.4. The molecular formula is C13H16N2OS2. The van der Waals surface area contributed by atoms with Crippen molar-refractivity contribution in [3.05, 3.63) is 27.9 Å². The first-order valence-electron chi connectivity index (χ1n) is 5.84. The molecule has 1 fully saturated rings. The summed E-state index contributed by atoms with van der Waals surface area (Å²) in [6.07, 6.45) is 1.94. The van der Waals surface area contributed by atoms with Crippen molar-refractivity contribution in [1.82, 2.24) is 9.47 Å². The minimum absolute atomic E-state index is 0.0217. The first-order chi connectivity index (χ1) is 8.45. The number of likely N-dealkylation sites (N-methyl/N-ethyl adjacent to an activating group) is 1. The smallest absolute Gasteiger partial charge is 0.266 e. The van der Waals surface area contributed by atoms with E-state index in [2.05, 4.69) is 24.5 Å². The molecule has 96 valence electrons. The standard InChI is InChI=1S/C13H16N2OS2/c1-5-15-12(16)11(18-13(15)17)7-10-6-8(2)14(4)9(10)3/h6-7H,5H2,1-4H3/b11-7+. The van der Waals surface area contributed by atoms with Crippen molar-refractivity contribution in [1.29, 1.82) is 0 Å². The van der Waals surface area contributed by atoms with Crippen LogP contribution < -0.4 is 0 Å². The van der Waals surface area contributed by atoms with Crippen LogP contribution in [0.4, 0.5) is 0 Å². The van der Waals surface area contributed by atoms with Gasteiger partial charge in [-0.05, 0) is 38.5 Å². The van der Waals surface area contributed by atoms with Gasteiger partial charge in [0.05, 0.1) is 4.91 Å². The Morgan fingerprint density at radius 3 is 2.56 bits per heavy atom. The van der Waals surface area contributed by atoms with Gasteiger partial charge in [0.15, 0.2) is 0 Å². The van der Waals surface area contributed by atoms with E-state index in [4.69, 9.17) is 12.2 Å². The molecule has 2 heterocycles. The van der Waals surface area contributed by atoms with Gasteiger partial charge in [-0.2, -0.15) is 0 Å². The highest BCUT2D eigenvalue weighted by atomic mass is 32.2. The number of hydrogen-bond acceptors (Lipinski definition) is 3. The lowest BCUT2D eigenvalue weighted by Crippen LogP contribution is -2.27. The molecule has 5 heteroatoms. The molecule has 0 spiro atoms. The Morgan fingerprint density at radius 2 is 2.11 bits per heavy atom. The molecule has 2 rings (SSSR count). The van der Waals surface area contributed by atoms with Crippen LogP contribution in [0.15, 0.2) is 11.0 Å². The summed E-state index contributed by atoms with van der Waals surface area (Å²) in [4.78, 5) is 14.5. The fourth-order valence-electron chi connectivity index (χ4n) is 1.94. The minimum atomic E-state index is 0.0217. The highest BCUT2D eigenvalue weighted by molar-refractivity contribution is 8.26. The van der Waals surface area contributed by atoms with Crippen molar-refractivity contribution in [2.24, 2.45) is 7.05 Å². The number of aryl methyl sites for hydroxylation is 1. The second-order valence-corrected chi connectivity index (χ2v) is 5.99. The normalized spacial score (nSPS) is 18.2. The van der Waals surface area contributed by atoms with Crippen LogP contribution in [-0.4, -0.2) is 26.2 Å². The molecule has 0 saturated carbocycles.